The van der Waals surface area contributed by atoms with E-state index in [-0.39, 0.29) is 0 Å². The highest BCUT2D eigenvalue weighted by Crippen LogP contribution is 2.15. The minimum absolute atomic E-state index is 1.02. The molecule has 90 valence electrons. The zero-order chi connectivity index (χ0) is 11.2. The maximum Gasteiger partial charge on any atom is 0.182 e. The van der Waals surface area contributed by atoms with Crippen LogP contribution in [0.15, 0.2) is 5.38 Å². The first-order valence-corrected chi connectivity index (χ1v) is 7.90. The zero-order valence-corrected chi connectivity index (χ0v) is 11.4. The molecule has 2 heterocycles. The minimum Gasteiger partial charge on any atom is -0.360 e. The largest absolute Gasteiger partial charge is 0.360 e. The number of anilines is 1. The van der Waals surface area contributed by atoms with Gasteiger partial charge in [0.2, 0.25) is 0 Å². The van der Waals surface area contributed by atoms with Crippen LogP contribution >= 0.6 is 23.1 Å². The van der Waals surface area contributed by atoms with Crippen LogP contribution in [0.3, 0.4) is 0 Å². The summed E-state index contributed by atoms with van der Waals surface area (Å²) in [6, 6.07) is 0. The fraction of sp³-hybridized carbons (Fsp3) is 0.727. The summed E-state index contributed by atoms with van der Waals surface area (Å²) in [4.78, 5) is 7.02. The number of nitrogens with one attached hydrogen (secondary N) is 1. The molecule has 1 aliphatic heterocycles. The molecule has 0 unspecified atom stereocenters. The van der Waals surface area contributed by atoms with Crippen molar-refractivity contribution in [3.8, 4) is 0 Å². The molecule has 0 aromatic carbocycles. The molecule has 0 amide bonds. The molecule has 0 bridgehead atoms. The Morgan fingerprint density at radius 3 is 2.94 bits per heavy atom. The normalized spacial score (nSPS) is 17.6. The number of hydrogen-bond donors (Lipinski definition) is 1. The Labute approximate surface area is 106 Å². The Morgan fingerprint density at radius 2 is 2.25 bits per heavy atom. The Balaban J connectivity index is 1.66. The number of rotatable bonds is 5. The van der Waals surface area contributed by atoms with E-state index in [0.29, 0.717) is 0 Å². The summed E-state index contributed by atoms with van der Waals surface area (Å²) < 4.78 is 0. The highest BCUT2D eigenvalue weighted by molar-refractivity contribution is 7.99. The summed E-state index contributed by atoms with van der Waals surface area (Å²) in [6.45, 7) is 6.78. The van der Waals surface area contributed by atoms with Gasteiger partial charge in [0.15, 0.2) is 5.13 Å². The van der Waals surface area contributed by atoms with E-state index in [4.69, 9.17) is 0 Å². The van der Waals surface area contributed by atoms with Gasteiger partial charge in [0.25, 0.3) is 0 Å². The van der Waals surface area contributed by atoms with Crippen molar-refractivity contribution in [3.05, 3.63) is 11.1 Å². The second-order valence-electron chi connectivity index (χ2n) is 3.88. The van der Waals surface area contributed by atoms with Gasteiger partial charge in [-0.05, 0) is 6.42 Å². The van der Waals surface area contributed by atoms with E-state index in [0.717, 1.165) is 24.6 Å². The van der Waals surface area contributed by atoms with Gasteiger partial charge in [0.05, 0.1) is 5.69 Å². The summed E-state index contributed by atoms with van der Waals surface area (Å²) >= 11 is 3.78. The number of thioether (sulfide) groups is 1. The van der Waals surface area contributed by atoms with Crippen LogP contribution in [-0.2, 0) is 6.42 Å². The second kappa shape index (κ2) is 6.47. The molecule has 0 spiro atoms. The molecule has 2 rings (SSSR count). The van der Waals surface area contributed by atoms with Gasteiger partial charge in [-0.25, -0.2) is 4.98 Å². The van der Waals surface area contributed by atoms with Crippen molar-refractivity contribution in [3.63, 3.8) is 0 Å². The zero-order valence-electron chi connectivity index (χ0n) is 9.74. The van der Waals surface area contributed by atoms with Gasteiger partial charge in [0.1, 0.15) is 0 Å². The van der Waals surface area contributed by atoms with Crippen molar-refractivity contribution in [2.75, 3.05) is 43.0 Å². The van der Waals surface area contributed by atoms with Crippen LogP contribution in [0.2, 0.25) is 0 Å². The van der Waals surface area contributed by atoms with E-state index < -0.39 is 0 Å². The highest BCUT2D eigenvalue weighted by Gasteiger charge is 2.09. The Morgan fingerprint density at radius 1 is 1.44 bits per heavy atom. The minimum atomic E-state index is 1.02. The van der Waals surface area contributed by atoms with Gasteiger partial charge in [-0.15, -0.1) is 11.3 Å². The molecule has 5 heteroatoms. The predicted octanol–water partition coefficient (Wildman–Crippen LogP) is 2.17. The van der Waals surface area contributed by atoms with Gasteiger partial charge < -0.3 is 5.32 Å². The van der Waals surface area contributed by atoms with Gasteiger partial charge in [-0.1, -0.05) is 6.92 Å². The second-order valence-corrected chi connectivity index (χ2v) is 5.96. The van der Waals surface area contributed by atoms with Gasteiger partial charge >= 0.3 is 0 Å². The molecular weight excluding hydrogens is 238 g/mol. The number of hydrogen-bond acceptors (Lipinski definition) is 5. The lowest BCUT2D eigenvalue weighted by Gasteiger charge is -2.25. The first kappa shape index (κ1) is 12.2. The highest BCUT2D eigenvalue weighted by atomic mass is 32.2. The molecule has 1 fully saturated rings. The average Bonchev–Trinajstić information content (AvgIpc) is 2.78. The van der Waals surface area contributed by atoms with E-state index >= 15 is 0 Å². The van der Waals surface area contributed by atoms with E-state index in [2.05, 4.69) is 39.3 Å². The molecule has 0 aliphatic carbocycles. The monoisotopic (exact) mass is 257 g/mol. The van der Waals surface area contributed by atoms with Crippen LogP contribution in [0, 0.1) is 0 Å². The molecule has 16 heavy (non-hydrogen) atoms. The summed E-state index contributed by atoms with van der Waals surface area (Å²) in [7, 11) is 0. The SMILES string of the molecule is CCc1csc(NCCN2CCSCC2)n1. The van der Waals surface area contributed by atoms with Gasteiger partial charge in [0, 0.05) is 43.1 Å². The van der Waals surface area contributed by atoms with E-state index in [9.17, 15) is 0 Å². The van der Waals surface area contributed by atoms with Crippen molar-refractivity contribution in [1.82, 2.24) is 9.88 Å². The van der Waals surface area contributed by atoms with E-state index in [1.807, 2.05) is 0 Å². The summed E-state index contributed by atoms with van der Waals surface area (Å²) in [5, 5.41) is 6.62. The number of aryl methyl sites for hydroxylation is 1. The van der Waals surface area contributed by atoms with E-state index in [1.165, 1.54) is 30.3 Å². The Hall–Kier alpha value is -0.260. The fourth-order valence-corrected chi connectivity index (χ4v) is 3.50. The third-order valence-electron chi connectivity index (χ3n) is 2.72. The molecule has 3 nitrogen and oxygen atoms in total. The molecule has 1 N–H and O–H groups in total. The van der Waals surface area contributed by atoms with Crippen molar-refractivity contribution in [2.45, 2.75) is 13.3 Å². The van der Waals surface area contributed by atoms with Crippen LogP contribution in [0.5, 0.6) is 0 Å². The molecule has 1 aliphatic rings. The average molecular weight is 257 g/mol. The standard InChI is InChI=1S/C11H19N3S2/c1-2-10-9-16-11(13-10)12-3-4-14-5-7-15-8-6-14/h9H,2-8H2,1H3,(H,12,13). The Bertz CT molecular complexity index is 308. The molecule has 1 aromatic heterocycles. The van der Waals surface area contributed by atoms with Crippen molar-refractivity contribution in [2.24, 2.45) is 0 Å². The lowest BCUT2D eigenvalue weighted by atomic mass is 10.4. The summed E-state index contributed by atoms with van der Waals surface area (Å²) in [5.41, 5.74) is 1.20. The smallest absolute Gasteiger partial charge is 0.182 e. The molecule has 0 radical (unpaired) electrons. The predicted molar refractivity (Wildman–Crippen MR) is 73.7 cm³/mol. The molecular formula is C11H19N3S2. The maximum absolute atomic E-state index is 4.50. The number of aromatic nitrogens is 1. The van der Waals surface area contributed by atoms with Crippen LogP contribution in [0.4, 0.5) is 5.13 Å². The topological polar surface area (TPSA) is 28.2 Å². The molecule has 1 saturated heterocycles. The molecule has 0 atom stereocenters. The first-order valence-electron chi connectivity index (χ1n) is 5.87. The van der Waals surface area contributed by atoms with Crippen LogP contribution in [-0.4, -0.2) is 47.6 Å². The van der Waals surface area contributed by atoms with E-state index in [1.54, 1.807) is 11.3 Å². The third-order valence-corrected chi connectivity index (χ3v) is 4.51. The van der Waals surface area contributed by atoms with Crippen molar-refractivity contribution >= 4 is 28.2 Å². The summed E-state index contributed by atoms with van der Waals surface area (Å²) in [6.07, 6.45) is 1.03. The molecule has 1 aromatic rings. The maximum atomic E-state index is 4.50. The van der Waals surface area contributed by atoms with Crippen LogP contribution in [0.1, 0.15) is 12.6 Å². The quantitative estimate of drug-likeness (QED) is 0.875. The van der Waals surface area contributed by atoms with Gasteiger partial charge in [-0.2, -0.15) is 11.8 Å². The summed E-state index contributed by atoms with van der Waals surface area (Å²) in [5.74, 6) is 2.58. The Kier molecular flexibility index (Phi) is 4.93. The van der Waals surface area contributed by atoms with Crippen LogP contribution in [0.25, 0.3) is 0 Å². The van der Waals surface area contributed by atoms with Gasteiger partial charge in [-0.3, -0.25) is 4.90 Å². The first-order chi connectivity index (χ1) is 7.88. The lowest BCUT2D eigenvalue weighted by Crippen LogP contribution is -2.36. The van der Waals surface area contributed by atoms with Crippen molar-refractivity contribution in [1.29, 1.82) is 0 Å². The lowest BCUT2D eigenvalue weighted by molar-refractivity contribution is 0.314. The van der Waals surface area contributed by atoms with Crippen molar-refractivity contribution < 1.29 is 0 Å². The number of thiazole rings is 1. The van der Waals surface area contributed by atoms with Crippen LogP contribution < -0.4 is 5.32 Å². The molecule has 0 saturated carbocycles. The fourth-order valence-electron chi connectivity index (χ4n) is 1.70. The third kappa shape index (κ3) is 3.64. The number of nitrogens with zero attached hydrogens (tertiary/aromatic N) is 2.